The second-order valence-corrected chi connectivity index (χ2v) is 10.8. The highest BCUT2D eigenvalue weighted by molar-refractivity contribution is 5.77. The van der Waals surface area contributed by atoms with E-state index in [1.165, 1.54) is 5.56 Å². The molecule has 0 aliphatic rings. The largest absolute Gasteiger partial charge is 0.425 e. The molecule has 184 valence electrons. The van der Waals surface area contributed by atoms with Crippen molar-refractivity contribution in [3.63, 3.8) is 0 Å². The van der Waals surface area contributed by atoms with Crippen LogP contribution in [0.4, 0.5) is 0 Å². The van der Waals surface area contributed by atoms with Crippen LogP contribution in [0.15, 0.2) is 59.0 Å². The van der Waals surface area contributed by atoms with Crippen LogP contribution in [-0.2, 0) is 12.8 Å². The number of hydrogen-bond acceptors (Lipinski definition) is 5. The van der Waals surface area contributed by atoms with Gasteiger partial charge in [-0.05, 0) is 50.2 Å². The average Bonchev–Trinajstić information content (AvgIpc) is 3.47. The van der Waals surface area contributed by atoms with E-state index in [1.54, 1.807) is 0 Å². The van der Waals surface area contributed by atoms with Crippen LogP contribution in [0.2, 0.25) is 0 Å². The van der Waals surface area contributed by atoms with Crippen LogP contribution in [0.5, 0.6) is 0 Å². The minimum absolute atomic E-state index is 0.0961. The Kier molecular flexibility index (Phi) is 7.48. The molecule has 0 saturated heterocycles. The summed E-state index contributed by atoms with van der Waals surface area (Å²) >= 11 is 0. The molecule has 0 aliphatic carbocycles. The zero-order valence-corrected chi connectivity index (χ0v) is 21.8. The fraction of sp³-hybridized carbons (Fsp3) is 0.448. The van der Waals surface area contributed by atoms with E-state index in [9.17, 15) is 0 Å². The fourth-order valence-electron chi connectivity index (χ4n) is 4.25. The topological polar surface area (TPSA) is 69.6 Å². The molecule has 2 heterocycles. The van der Waals surface area contributed by atoms with Gasteiger partial charge in [-0.2, -0.15) is 15.0 Å². The SMILES string of the molecule is CC(C)c1nnc(CC(C)(C)CCCc2cccc(-c3nn(C(C)C)nc3-c3ccccc3)c2)o1. The van der Waals surface area contributed by atoms with Crippen molar-refractivity contribution in [2.45, 2.75) is 79.2 Å². The molecule has 4 rings (SSSR count). The molecule has 4 aromatic rings. The second-order valence-electron chi connectivity index (χ2n) is 10.8. The Morgan fingerprint density at radius 1 is 0.857 bits per heavy atom. The molecule has 0 saturated carbocycles. The van der Waals surface area contributed by atoms with Crippen molar-refractivity contribution in [1.82, 2.24) is 25.2 Å². The third-order valence-electron chi connectivity index (χ3n) is 6.26. The smallest absolute Gasteiger partial charge is 0.219 e. The molecule has 0 aliphatic heterocycles. The number of aryl methyl sites for hydroxylation is 1. The van der Waals surface area contributed by atoms with Gasteiger partial charge in [0, 0.05) is 23.5 Å². The molecule has 0 fully saturated rings. The van der Waals surface area contributed by atoms with Gasteiger partial charge in [-0.15, -0.1) is 10.2 Å². The Bertz CT molecular complexity index is 1240. The lowest BCUT2D eigenvalue weighted by Gasteiger charge is -2.22. The van der Waals surface area contributed by atoms with Gasteiger partial charge < -0.3 is 4.42 Å². The van der Waals surface area contributed by atoms with Crippen LogP contribution < -0.4 is 0 Å². The van der Waals surface area contributed by atoms with E-state index in [0.29, 0.717) is 0 Å². The van der Waals surface area contributed by atoms with Gasteiger partial charge in [0.05, 0.1) is 6.04 Å². The van der Waals surface area contributed by atoms with E-state index in [-0.39, 0.29) is 17.4 Å². The van der Waals surface area contributed by atoms with Crippen molar-refractivity contribution in [2.24, 2.45) is 5.41 Å². The van der Waals surface area contributed by atoms with Gasteiger partial charge in [0.1, 0.15) is 11.4 Å². The van der Waals surface area contributed by atoms with E-state index in [0.717, 1.165) is 60.0 Å². The molecule has 0 bridgehead atoms. The first kappa shape index (κ1) is 24.8. The number of hydrogen-bond donors (Lipinski definition) is 0. The minimum Gasteiger partial charge on any atom is -0.425 e. The predicted molar refractivity (Wildman–Crippen MR) is 140 cm³/mol. The van der Waals surface area contributed by atoms with E-state index in [2.05, 4.69) is 88.1 Å². The van der Waals surface area contributed by atoms with Crippen molar-refractivity contribution in [1.29, 1.82) is 0 Å². The van der Waals surface area contributed by atoms with Crippen LogP contribution in [0.1, 0.15) is 83.7 Å². The molecule has 6 heteroatoms. The van der Waals surface area contributed by atoms with Crippen LogP contribution in [0.3, 0.4) is 0 Å². The first-order valence-electron chi connectivity index (χ1n) is 12.7. The molecule has 0 atom stereocenters. The summed E-state index contributed by atoms with van der Waals surface area (Å²) in [6.07, 6.45) is 3.98. The Hall–Kier alpha value is -3.28. The average molecular weight is 472 g/mol. The third kappa shape index (κ3) is 6.24. The van der Waals surface area contributed by atoms with Crippen LogP contribution in [0.25, 0.3) is 22.5 Å². The highest BCUT2D eigenvalue weighted by Gasteiger charge is 2.23. The van der Waals surface area contributed by atoms with Crippen LogP contribution in [0, 0.1) is 5.41 Å². The van der Waals surface area contributed by atoms with E-state index in [1.807, 2.05) is 23.0 Å². The van der Waals surface area contributed by atoms with E-state index >= 15 is 0 Å². The lowest BCUT2D eigenvalue weighted by Crippen LogP contribution is -2.15. The Morgan fingerprint density at radius 3 is 2.20 bits per heavy atom. The summed E-state index contributed by atoms with van der Waals surface area (Å²) in [5, 5.41) is 18.1. The highest BCUT2D eigenvalue weighted by atomic mass is 16.4. The molecule has 0 amide bonds. The Labute approximate surface area is 208 Å². The maximum Gasteiger partial charge on any atom is 0.219 e. The van der Waals surface area contributed by atoms with Gasteiger partial charge in [0.25, 0.3) is 0 Å². The number of aromatic nitrogens is 5. The van der Waals surface area contributed by atoms with E-state index in [4.69, 9.17) is 14.6 Å². The third-order valence-corrected chi connectivity index (χ3v) is 6.26. The molecular weight excluding hydrogens is 434 g/mol. The van der Waals surface area contributed by atoms with Crippen molar-refractivity contribution < 1.29 is 4.42 Å². The first-order valence-corrected chi connectivity index (χ1v) is 12.7. The zero-order valence-electron chi connectivity index (χ0n) is 21.8. The van der Waals surface area contributed by atoms with Crippen LogP contribution >= 0.6 is 0 Å². The maximum atomic E-state index is 5.84. The summed E-state index contributed by atoms with van der Waals surface area (Å²) < 4.78 is 5.84. The predicted octanol–water partition coefficient (Wildman–Crippen LogP) is 7.29. The molecule has 0 radical (unpaired) electrons. The normalized spacial score (nSPS) is 12.1. The Morgan fingerprint density at radius 2 is 1.54 bits per heavy atom. The van der Waals surface area contributed by atoms with Crippen molar-refractivity contribution in [3.05, 3.63) is 71.9 Å². The molecule has 2 aromatic heterocycles. The van der Waals surface area contributed by atoms with Gasteiger partial charge in [-0.3, -0.25) is 0 Å². The molecule has 35 heavy (non-hydrogen) atoms. The summed E-state index contributed by atoms with van der Waals surface area (Å²) in [4.78, 5) is 1.81. The van der Waals surface area contributed by atoms with Gasteiger partial charge in [0.2, 0.25) is 11.8 Å². The van der Waals surface area contributed by atoms with Crippen molar-refractivity contribution >= 4 is 0 Å². The molecule has 0 spiro atoms. The summed E-state index contributed by atoms with van der Waals surface area (Å²) in [5.74, 6) is 1.72. The molecule has 0 N–H and O–H groups in total. The van der Waals surface area contributed by atoms with Gasteiger partial charge in [-0.1, -0.05) is 76.2 Å². The number of benzene rings is 2. The number of nitrogens with zero attached hydrogens (tertiary/aromatic N) is 5. The summed E-state index contributed by atoms with van der Waals surface area (Å²) in [5.41, 5.74) is 5.47. The lowest BCUT2D eigenvalue weighted by atomic mass is 9.83. The standard InChI is InChI=1S/C29H37N5O/c1-20(2)28-31-30-25(35-28)19-29(5,6)17-11-13-22-12-10-16-24(18-22)27-26(23-14-8-7-9-15-23)32-34(33-27)21(3)4/h7-10,12,14-16,18,20-21H,11,13,17,19H2,1-6H3. The Balaban J connectivity index is 1.46. The zero-order chi connectivity index (χ0) is 25.0. The summed E-state index contributed by atoms with van der Waals surface area (Å²) in [6.45, 7) is 12.9. The van der Waals surface area contributed by atoms with Crippen molar-refractivity contribution in [2.75, 3.05) is 0 Å². The minimum atomic E-state index is 0.0961. The second kappa shape index (κ2) is 10.5. The molecule has 6 nitrogen and oxygen atoms in total. The van der Waals surface area contributed by atoms with E-state index < -0.39 is 0 Å². The lowest BCUT2D eigenvalue weighted by molar-refractivity contribution is 0.286. The maximum absolute atomic E-state index is 5.84. The first-order chi connectivity index (χ1) is 16.7. The van der Waals surface area contributed by atoms with Crippen LogP contribution in [-0.4, -0.2) is 25.2 Å². The highest BCUT2D eigenvalue weighted by Crippen LogP contribution is 2.32. The monoisotopic (exact) mass is 471 g/mol. The molecular formula is C29H37N5O. The molecule has 2 aromatic carbocycles. The molecule has 0 unspecified atom stereocenters. The van der Waals surface area contributed by atoms with Gasteiger partial charge >= 0.3 is 0 Å². The summed E-state index contributed by atoms with van der Waals surface area (Å²) in [7, 11) is 0. The van der Waals surface area contributed by atoms with Gasteiger partial charge in [0.15, 0.2) is 0 Å². The fourth-order valence-corrected chi connectivity index (χ4v) is 4.25. The van der Waals surface area contributed by atoms with Crippen molar-refractivity contribution in [3.8, 4) is 22.5 Å². The summed E-state index contributed by atoms with van der Waals surface area (Å²) in [6, 6.07) is 19.2. The number of rotatable bonds is 10. The quantitative estimate of drug-likeness (QED) is 0.243. The van der Waals surface area contributed by atoms with Gasteiger partial charge in [-0.25, -0.2) is 0 Å².